The number of benzene rings is 1. The van der Waals surface area contributed by atoms with Gasteiger partial charge in [0, 0.05) is 66.1 Å². The number of allylic oxidation sites excluding steroid dienone is 1. The Morgan fingerprint density at radius 2 is 2.05 bits per heavy atom. The number of nitrogen functional groups attached to an aromatic ring is 1. The Morgan fingerprint density at radius 1 is 1.24 bits per heavy atom. The second-order valence-corrected chi connectivity index (χ2v) is 10.4. The molecule has 2 aliphatic heterocycles. The molecule has 4 heterocycles. The Kier molecular flexibility index (Phi) is 5.91. The molecule has 1 fully saturated rings. The van der Waals surface area contributed by atoms with Crippen molar-refractivity contribution in [2.45, 2.75) is 38.8 Å². The summed E-state index contributed by atoms with van der Waals surface area (Å²) in [7, 11) is 5.70. The van der Waals surface area contributed by atoms with Gasteiger partial charge in [0.15, 0.2) is 0 Å². The third-order valence-corrected chi connectivity index (χ3v) is 7.25. The van der Waals surface area contributed by atoms with Crippen LogP contribution in [0.25, 0.3) is 16.8 Å². The first-order valence-electron chi connectivity index (χ1n) is 12.9. The first-order valence-corrected chi connectivity index (χ1v) is 12.9. The van der Waals surface area contributed by atoms with Gasteiger partial charge in [-0.2, -0.15) is 5.10 Å². The first-order chi connectivity index (χ1) is 18.4. The molecule has 0 radical (unpaired) electrons. The smallest absolute Gasteiger partial charge is 0.235 e. The molecular formula is C28H33N9O. The van der Waals surface area contributed by atoms with Crippen molar-refractivity contribution in [3.8, 4) is 17.1 Å². The number of nitrogens with zero attached hydrogens (tertiary/aromatic N) is 6. The number of hydrazine groups is 1. The van der Waals surface area contributed by atoms with Crippen molar-refractivity contribution in [1.82, 2.24) is 30.2 Å². The van der Waals surface area contributed by atoms with Crippen LogP contribution in [-0.2, 0) is 7.05 Å². The van der Waals surface area contributed by atoms with Gasteiger partial charge in [0.1, 0.15) is 17.7 Å². The maximum absolute atomic E-state index is 6.50. The lowest BCUT2D eigenvalue weighted by Gasteiger charge is -2.23. The zero-order valence-corrected chi connectivity index (χ0v) is 22.4. The van der Waals surface area contributed by atoms with E-state index >= 15 is 0 Å². The van der Waals surface area contributed by atoms with Gasteiger partial charge in [-0.25, -0.2) is 20.5 Å². The van der Waals surface area contributed by atoms with E-state index in [0.29, 0.717) is 23.2 Å². The molecule has 3 aromatic rings. The quantitative estimate of drug-likeness (QED) is 0.323. The second-order valence-electron chi connectivity index (χ2n) is 10.4. The third kappa shape index (κ3) is 4.10. The van der Waals surface area contributed by atoms with Crippen molar-refractivity contribution in [1.29, 1.82) is 0 Å². The van der Waals surface area contributed by atoms with E-state index < -0.39 is 0 Å². The predicted molar refractivity (Wildman–Crippen MR) is 150 cm³/mol. The average molecular weight is 512 g/mol. The minimum Gasteiger partial charge on any atom is -0.480 e. The monoisotopic (exact) mass is 511 g/mol. The van der Waals surface area contributed by atoms with Crippen LogP contribution in [0.3, 0.4) is 0 Å². The van der Waals surface area contributed by atoms with Crippen LogP contribution in [0.15, 0.2) is 52.2 Å². The van der Waals surface area contributed by atoms with Crippen LogP contribution in [0.4, 0.5) is 11.4 Å². The second kappa shape index (κ2) is 9.29. The number of dihydropyridines is 1. The number of imidazole rings is 1. The highest BCUT2D eigenvalue weighted by Crippen LogP contribution is 2.46. The standard InChI is InChI=1S/C28H33N9O/c1-15(2)23-19(11-17-14-36(3)35-26(17)32-23)27-33-24(25(37(27)4)16-9-10-16)18-7-6-8-21(29)20(18)12-30-22-13-31-34-28(22)38-5/h6-8,11-16,26,35H,9-10,29H2,1-5H3,(H,31,34). The summed E-state index contributed by atoms with van der Waals surface area (Å²) in [4.78, 5) is 15.0. The van der Waals surface area contributed by atoms with Crippen LogP contribution in [0.5, 0.6) is 5.88 Å². The van der Waals surface area contributed by atoms with Gasteiger partial charge in [-0.15, -0.1) is 0 Å². The number of hydrogen-bond donors (Lipinski definition) is 3. The van der Waals surface area contributed by atoms with Crippen molar-refractivity contribution in [2.75, 3.05) is 19.9 Å². The van der Waals surface area contributed by atoms with Crippen LogP contribution >= 0.6 is 0 Å². The van der Waals surface area contributed by atoms with Crippen molar-refractivity contribution in [2.24, 2.45) is 23.0 Å². The van der Waals surface area contributed by atoms with Crippen LogP contribution in [-0.4, -0.2) is 57.0 Å². The molecule has 0 bridgehead atoms. The molecule has 0 spiro atoms. The van der Waals surface area contributed by atoms with E-state index in [1.54, 1.807) is 19.5 Å². The van der Waals surface area contributed by atoms with Gasteiger partial charge in [-0.3, -0.25) is 4.99 Å². The molecular weight excluding hydrogens is 478 g/mol. The van der Waals surface area contributed by atoms with Crippen molar-refractivity contribution >= 4 is 28.9 Å². The van der Waals surface area contributed by atoms with Crippen molar-refractivity contribution in [3.05, 3.63) is 59.3 Å². The number of aromatic nitrogens is 4. The molecule has 38 heavy (non-hydrogen) atoms. The summed E-state index contributed by atoms with van der Waals surface area (Å²) < 4.78 is 7.58. The van der Waals surface area contributed by atoms with E-state index in [1.807, 2.05) is 24.2 Å². The fourth-order valence-corrected chi connectivity index (χ4v) is 5.26. The van der Waals surface area contributed by atoms with Crippen LogP contribution in [0.2, 0.25) is 0 Å². The number of ether oxygens (including phenoxy) is 1. The summed E-state index contributed by atoms with van der Waals surface area (Å²) in [5, 5.41) is 8.80. The lowest BCUT2D eigenvalue weighted by atomic mass is 9.94. The fourth-order valence-electron chi connectivity index (χ4n) is 5.26. The zero-order chi connectivity index (χ0) is 26.6. The molecule has 1 atom stereocenters. The molecule has 196 valence electrons. The highest BCUT2D eigenvalue weighted by Gasteiger charge is 2.35. The van der Waals surface area contributed by atoms with Gasteiger partial charge in [0.2, 0.25) is 5.88 Å². The number of hydrogen-bond acceptors (Lipinski definition) is 8. The van der Waals surface area contributed by atoms with Gasteiger partial charge >= 0.3 is 0 Å². The van der Waals surface area contributed by atoms with Gasteiger partial charge in [0.05, 0.1) is 24.7 Å². The zero-order valence-electron chi connectivity index (χ0n) is 22.4. The highest BCUT2D eigenvalue weighted by molar-refractivity contribution is 6.25. The maximum atomic E-state index is 6.50. The Bertz CT molecular complexity index is 1520. The van der Waals surface area contributed by atoms with E-state index in [4.69, 9.17) is 20.4 Å². The topological polar surface area (TPSA) is 122 Å². The lowest BCUT2D eigenvalue weighted by Crippen LogP contribution is -2.35. The minimum absolute atomic E-state index is 0.0551. The number of aliphatic imine (C=N–C) groups is 2. The summed E-state index contributed by atoms with van der Waals surface area (Å²) in [6.45, 7) is 4.37. The van der Waals surface area contributed by atoms with Gasteiger partial charge < -0.3 is 20.0 Å². The summed E-state index contributed by atoms with van der Waals surface area (Å²) in [6, 6.07) is 5.94. The molecule has 3 aliphatic rings. The van der Waals surface area contributed by atoms with E-state index in [9.17, 15) is 0 Å². The molecule has 1 aromatic carbocycles. The number of fused-ring (bicyclic) bond motifs is 1. The van der Waals surface area contributed by atoms with Crippen LogP contribution in [0.1, 0.15) is 49.7 Å². The Hall–Kier alpha value is -4.18. The fraction of sp³-hybridized carbons (Fsp3) is 0.357. The van der Waals surface area contributed by atoms with Gasteiger partial charge in [0.25, 0.3) is 0 Å². The summed E-state index contributed by atoms with van der Waals surface area (Å²) in [5.74, 6) is 2.14. The lowest BCUT2D eigenvalue weighted by molar-refractivity contribution is 0.333. The first kappa shape index (κ1) is 24.2. The molecule has 10 nitrogen and oxygen atoms in total. The molecule has 6 rings (SSSR count). The van der Waals surface area contributed by atoms with Gasteiger partial charge in [-0.1, -0.05) is 26.0 Å². The third-order valence-electron chi connectivity index (χ3n) is 7.25. The summed E-state index contributed by atoms with van der Waals surface area (Å²) in [5.41, 5.74) is 18.3. The van der Waals surface area contributed by atoms with E-state index in [1.165, 1.54) is 5.69 Å². The summed E-state index contributed by atoms with van der Waals surface area (Å²) >= 11 is 0. The molecule has 0 amide bonds. The molecule has 10 heteroatoms. The maximum Gasteiger partial charge on any atom is 0.235 e. The molecule has 4 N–H and O–H groups in total. The number of nitrogens with two attached hydrogens (primary N) is 1. The minimum atomic E-state index is -0.0551. The van der Waals surface area contributed by atoms with Crippen LogP contribution < -0.4 is 15.9 Å². The largest absolute Gasteiger partial charge is 0.480 e. The highest BCUT2D eigenvalue weighted by atomic mass is 16.5. The summed E-state index contributed by atoms with van der Waals surface area (Å²) in [6.07, 6.45) is 9.97. The number of H-pyrrole nitrogens is 1. The van der Waals surface area contributed by atoms with E-state index in [0.717, 1.165) is 52.3 Å². The molecule has 0 saturated heterocycles. The SMILES string of the molecule is COc1[nH]ncc1N=Cc1c(N)cccc1-c1nc(C2=CC3=CN(C)NC3N=C2C(C)C)n(C)c1C1CC1. The molecule has 1 aliphatic carbocycles. The van der Waals surface area contributed by atoms with Crippen LogP contribution in [0, 0.1) is 5.92 Å². The van der Waals surface area contributed by atoms with E-state index in [2.05, 4.69) is 64.4 Å². The number of rotatable bonds is 7. The molecule has 1 unspecified atom stereocenters. The average Bonchev–Trinajstić information content (AvgIpc) is 3.34. The predicted octanol–water partition coefficient (Wildman–Crippen LogP) is 4.18. The Balaban J connectivity index is 1.49. The van der Waals surface area contributed by atoms with Crippen molar-refractivity contribution in [3.63, 3.8) is 0 Å². The number of aromatic amines is 1. The van der Waals surface area contributed by atoms with Crippen molar-refractivity contribution < 1.29 is 4.74 Å². The van der Waals surface area contributed by atoms with E-state index in [-0.39, 0.29) is 12.1 Å². The molecule has 2 aromatic heterocycles. The number of nitrogens with one attached hydrogen (secondary N) is 2. The van der Waals surface area contributed by atoms with Gasteiger partial charge in [-0.05, 0) is 30.9 Å². The number of methoxy groups -OCH3 is 1. The molecule has 1 saturated carbocycles. The number of anilines is 1. The Labute approximate surface area is 222 Å². The Morgan fingerprint density at radius 3 is 2.79 bits per heavy atom. The normalized spacial score (nSPS) is 19.2.